The molecule has 1 N–H and O–H groups in total. The van der Waals surface area contributed by atoms with Gasteiger partial charge in [0.1, 0.15) is 12.4 Å². The van der Waals surface area contributed by atoms with Crippen molar-refractivity contribution in [1.82, 2.24) is 5.32 Å². The first-order chi connectivity index (χ1) is 10.7. The predicted molar refractivity (Wildman–Crippen MR) is 91.6 cm³/mol. The quantitative estimate of drug-likeness (QED) is 0.777. The molecular formula is C18H22BrNO2. The average Bonchev–Trinajstić information content (AvgIpc) is 3.02. The van der Waals surface area contributed by atoms with E-state index in [9.17, 15) is 4.79 Å². The van der Waals surface area contributed by atoms with E-state index in [1.165, 1.54) is 25.7 Å². The van der Waals surface area contributed by atoms with Crippen LogP contribution in [0.25, 0.3) is 0 Å². The number of amides is 1. The van der Waals surface area contributed by atoms with Gasteiger partial charge in [-0.1, -0.05) is 59.5 Å². The summed E-state index contributed by atoms with van der Waals surface area (Å²) in [5, 5.41) is 2.84. The van der Waals surface area contributed by atoms with Crippen LogP contribution in [0.15, 0.2) is 28.7 Å². The maximum Gasteiger partial charge on any atom is 0.220 e. The number of carbonyl (C=O) groups is 1. The SMILES string of the molecule is O=C(CCC1CCCC1)NCC#CCOc1cccc(Br)c1. The third kappa shape index (κ3) is 6.53. The molecule has 4 heteroatoms. The van der Waals surface area contributed by atoms with Crippen molar-refractivity contribution in [2.75, 3.05) is 13.2 Å². The number of benzene rings is 1. The molecule has 1 aliphatic carbocycles. The lowest BCUT2D eigenvalue weighted by Crippen LogP contribution is -2.23. The molecule has 0 bridgehead atoms. The Kier molecular flexibility index (Phi) is 7.32. The van der Waals surface area contributed by atoms with Gasteiger partial charge < -0.3 is 10.1 Å². The topological polar surface area (TPSA) is 38.3 Å². The van der Waals surface area contributed by atoms with Crippen molar-refractivity contribution in [2.45, 2.75) is 38.5 Å². The number of hydrogen-bond acceptors (Lipinski definition) is 2. The van der Waals surface area contributed by atoms with Crippen molar-refractivity contribution < 1.29 is 9.53 Å². The van der Waals surface area contributed by atoms with E-state index in [1.807, 2.05) is 24.3 Å². The average molecular weight is 364 g/mol. The Morgan fingerprint density at radius 3 is 2.91 bits per heavy atom. The zero-order valence-corrected chi connectivity index (χ0v) is 14.3. The van der Waals surface area contributed by atoms with E-state index in [0.717, 1.165) is 22.6 Å². The van der Waals surface area contributed by atoms with Gasteiger partial charge in [0.25, 0.3) is 0 Å². The van der Waals surface area contributed by atoms with E-state index in [-0.39, 0.29) is 5.91 Å². The summed E-state index contributed by atoms with van der Waals surface area (Å²) in [4.78, 5) is 11.7. The van der Waals surface area contributed by atoms with Gasteiger partial charge in [-0.15, -0.1) is 0 Å². The van der Waals surface area contributed by atoms with E-state index in [2.05, 4.69) is 33.1 Å². The lowest BCUT2D eigenvalue weighted by atomic mass is 10.0. The Hall–Kier alpha value is -1.47. The Bertz CT molecular complexity index is 542. The largest absolute Gasteiger partial charge is 0.481 e. The van der Waals surface area contributed by atoms with Gasteiger partial charge in [0.15, 0.2) is 0 Å². The molecule has 3 nitrogen and oxygen atoms in total. The van der Waals surface area contributed by atoms with Crippen LogP contribution in [0.2, 0.25) is 0 Å². The fourth-order valence-corrected chi connectivity index (χ4v) is 3.03. The molecule has 0 radical (unpaired) electrons. The number of ether oxygens (including phenoxy) is 1. The molecular weight excluding hydrogens is 342 g/mol. The number of halogens is 1. The zero-order valence-electron chi connectivity index (χ0n) is 12.7. The Balaban J connectivity index is 1.55. The zero-order chi connectivity index (χ0) is 15.6. The highest BCUT2D eigenvalue weighted by molar-refractivity contribution is 9.10. The second kappa shape index (κ2) is 9.53. The molecule has 0 saturated heterocycles. The van der Waals surface area contributed by atoms with Gasteiger partial charge in [-0.05, 0) is 30.5 Å². The van der Waals surface area contributed by atoms with Gasteiger partial charge in [-0.3, -0.25) is 4.79 Å². The molecule has 2 rings (SSSR count). The van der Waals surface area contributed by atoms with Crippen molar-refractivity contribution in [3.05, 3.63) is 28.7 Å². The minimum absolute atomic E-state index is 0.106. The summed E-state index contributed by atoms with van der Waals surface area (Å²) in [7, 11) is 0. The summed E-state index contributed by atoms with van der Waals surface area (Å²) < 4.78 is 6.47. The van der Waals surface area contributed by atoms with E-state index in [4.69, 9.17) is 4.74 Å². The van der Waals surface area contributed by atoms with Gasteiger partial charge in [0.05, 0.1) is 6.54 Å². The van der Waals surface area contributed by atoms with Crippen molar-refractivity contribution in [2.24, 2.45) is 5.92 Å². The Morgan fingerprint density at radius 1 is 1.32 bits per heavy atom. The van der Waals surface area contributed by atoms with E-state index >= 15 is 0 Å². The first kappa shape index (κ1) is 16.9. The molecule has 0 aliphatic heterocycles. The third-order valence-corrected chi connectivity index (χ3v) is 4.35. The Morgan fingerprint density at radius 2 is 2.14 bits per heavy atom. The molecule has 118 valence electrons. The molecule has 1 aromatic carbocycles. The molecule has 1 amide bonds. The van der Waals surface area contributed by atoms with Gasteiger partial charge in [0.2, 0.25) is 5.91 Å². The van der Waals surface area contributed by atoms with Crippen LogP contribution in [0.3, 0.4) is 0 Å². The second-order valence-electron chi connectivity index (χ2n) is 5.57. The molecule has 22 heavy (non-hydrogen) atoms. The fourth-order valence-electron chi connectivity index (χ4n) is 2.66. The first-order valence-corrected chi connectivity index (χ1v) is 8.64. The number of rotatable bonds is 6. The molecule has 1 aromatic rings. The van der Waals surface area contributed by atoms with E-state index in [0.29, 0.717) is 19.6 Å². The van der Waals surface area contributed by atoms with E-state index < -0.39 is 0 Å². The minimum Gasteiger partial charge on any atom is -0.481 e. The van der Waals surface area contributed by atoms with Crippen LogP contribution in [0.1, 0.15) is 38.5 Å². The summed E-state index contributed by atoms with van der Waals surface area (Å²) in [6, 6.07) is 7.64. The molecule has 0 unspecified atom stereocenters. The standard InChI is InChI=1S/C18H22BrNO2/c19-16-8-5-9-17(14-16)22-13-4-3-12-20-18(21)11-10-15-6-1-2-7-15/h5,8-9,14-15H,1-2,6-7,10-13H2,(H,20,21). The maximum absolute atomic E-state index is 11.7. The van der Waals surface area contributed by atoms with Gasteiger partial charge in [-0.25, -0.2) is 0 Å². The summed E-state index contributed by atoms with van der Waals surface area (Å²) in [6.45, 7) is 0.722. The predicted octanol–water partition coefficient (Wildman–Crippen LogP) is 3.92. The second-order valence-corrected chi connectivity index (χ2v) is 6.48. The van der Waals surface area contributed by atoms with Crippen LogP contribution in [0.5, 0.6) is 5.75 Å². The van der Waals surface area contributed by atoms with Crippen LogP contribution in [0, 0.1) is 17.8 Å². The normalized spacial score (nSPS) is 14.2. The number of hydrogen-bond donors (Lipinski definition) is 1. The highest BCUT2D eigenvalue weighted by atomic mass is 79.9. The molecule has 0 heterocycles. The minimum atomic E-state index is 0.106. The molecule has 1 fully saturated rings. The number of carbonyl (C=O) groups excluding carboxylic acids is 1. The number of nitrogens with one attached hydrogen (secondary N) is 1. The van der Waals surface area contributed by atoms with Crippen molar-refractivity contribution >= 4 is 21.8 Å². The molecule has 0 aromatic heterocycles. The van der Waals surface area contributed by atoms with Crippen LogP contribution in [0.4, 0.5) is 0 Å². The van der Waals surface area contributed by atoms with Gasteiger partial charge in [0, 0.05) is 10.9 Å². The summed E-state index contributed by atoms with van der Waals surface area (Å²) in [6.07, 6.45) is 6.89. The summed E-state index contributed by atoms with van der Waals surface area (Å²) in [5.74, 6) is 7.46. The molecule has 0 atom stereocenters. The monoisotopic (exact) mass is 363 g/mol. The van der Waals surface area contributed by atoms with Crippen LogP contribution >= 0.6 is 15.9 Å². The summed E-state index contributed by atoms with van der Waals surface area (Å²) in [5.41, 5.74) is 0. The maximum atomic E-state index is 11.7. The summed E-state index contributed by atoms with van der Waals surface area (Å²) >= 11 is 3.39. The van der Waals surface area contributed by atoms with E-state index in [1.54, 1.807) is 0 Å². The van der Waals surface area contributed by atoms with Crippen LogP contribution < -0.4 is 10.1 Å². The first-order valence-electron chi connectivity index (χ1n) is 7.85. The van der Waals surface area contributed by atoms with Crippen LogP contribution in [-0.2, 0) is 4.79 Å². The fraction of sp³-hybridized carbons (Fsp3) is 0.500. The Labute approximate surface area is 140 Å². The molecule has 1 aliphatic rings. The smallest absolute Gasteiger partial charge is 0.220 e. The molecule has 0 spiro atoms. The van der Waals surface area contributed by atoms with Crippen LogP contribution in [-0.4, -0.2) is 19.1 Å². The molecule has 1 saturated carbocycles. The third-order valence-electron chi connectivity index (χ3n) is 3.86. The van der Waals surface area contributed by atoms with Gasteiger partial charge in [-0.2, -0.15) is 0 Å². The lowest BCUT2D eigenvalue weighted by molar-refractivity contribution is -0.121. The lowest BCUT2D eigenvalue weighted by Gasteiger charge is -2.07. The van der Waals surface area contributed by atoms with Gasteiger partial charge >= 0.3 is 0 Å². The van der Waals surface area contributed by atoms with Crippen molar-refractivity contribution in [1.29, 1.82) is 0 Å². The highest BCUT2D eigenvalue weighted by Crippen LogP contribution is 2.28. The van der Waals surface area contributed by atoms with Crippen molar-refractivity contribution in [3.63, 3.8) is 0 Å². The highest BCUT2D eigenvalue weighted by Gasteiger charge is 2.15. The van der Waals surface area contributed by atoms with Crippen molar-refractivity contribution in [3.8, 4) is 17.6 Å².